The Morgan fingerprint density at radius 3 is 2.06 bits per heavy atom. The van der Waals surface area contributed by atoms with Crippen LogP contribution >= 0.6 is 12.2 Å². The average Bonchev–Trinajstić information content (AvgIpc) is 2.37. The number of rotatable bonds is 5. The minimum atomic E-state index is 0.193. The van der Waals surface area contributed by atoms with Crippen LogP contribution in [0.4, 0.5) is 0 Å². The van der Waals surface area contributed by atoms with Gasteiger partial charge in [-0.25, -0.2) is 0 Å². The maximum atomic E-state index is 5.46. The van der Waals surface area contributed by atoms with Crippen LogP contribution in [-0.2, 0) is 0 Å². The molecule has 1 fully saturated rings. The number of hydrogen-bond acceptors (Lipinski definition) is 1. The number of hydrogen-bond donors (Lipinski definition) is 2. The summed E-state index contributed by atoms with van der Waals surface area (Å²) in [7, 11) is 0. The molecule has 0 bridgehead atoms. The summed E-state index contributed by atoms with van der Waals surface area (Å²) >= 11 is 5.46. The molecule has 17 heavy (non-hydrogen) atoms. The van der Waals surface area contributed by atoms with Gasteiger partial charge in [-0.15, -0.1) is 0 Å². The van der Waals surface area contributed by atoms with Crippen molar-refractivity contribution in [2.45, 2.75) is 83.7 Å². The van der Waals surface area contributed by atoms with Crippen molar-refractivity contribution in [3.05, 3.63) is 0 Å². The van der Waals surface area contributed by atoms with Crippen molar-refractivity contribution in [2.75, 3.05) is 0 Å². The van der Waals surface area contributed by atoms with Gasteiger partial charge in [-0.3, -0.25) is 0 Å². The summed E-state index contributed by atoms with van der Waals surface area (Å²) in [4.78, 5) is 0. The molecular formula is C14H28N2S. The SMILES string of the molecule is CCC(CC)(CC)NC(=S)NC1CCCCC1. The highest BCUT2D eigenvalue weighted by atomic mass is 32.1. The lowest BCUT2D eigenvalue weighted by atomic mass is 9.90. The maximum Gasteiger partial charge on any atom is 0.166 e. The molecule has 1 saturated carbocycles. The van der Waals surface area contributed by atoms with Crippen molar-refractivity contribution >= 4 is 17.3 Å². The zero-order chi connectivity index (χ0) is 12.7. The van der Waals surface area contributed by atoms with Gasteiger partial charge < -0.3 is 10.6 Å². The van der Waals surface area contributed by atoms with E-state index in [2.05, 4.69) is 31.4 Å². The molecule has 0 aromatic carbocycles. The lowest BCUT2D eigenvalue weighted by molar-refractivity contribution is 0.332. The summed E-state index contributed by atoms with van der Waals surface area (Å²) in [5.74, 6) is 0. The largest absolute Gasteiger partial charge is 0.360 e. The lowest BCUT2D eigenvalue weighted by Gasteiger charge is -2.35. The van der Waals surface area contributed by atoms with Gasteiger partial charge in [-0.05, 0) is 44.3 Å². The third-order valence-electron chi connectivity index (χ3n) is 4.35. The van der Waals surface area contributed by atoms with E-state index in [-0.39, 0.29) is 5.54 Å². The van der Waals surface area contributed by atoms with Gasteiger partial charge in [0.2, 0.25) is 0 Å². The highest BCUT2D eigenvalue weighted by Crippen LogP contribution is 2.20. The summed E-state index contributed by atoms with van der Waals surface area (Å²) in [5, 5.41) is 7.91. The molecule has 0 spiro atoms. The summed E-state index contributed by atoms with van der Waals surface area (Å²) in [6, 6.07) is 0.604. The van der Waals surface area contributed by atoms with E-state index in [1.807, 2.05) is 0 Å². The quantitative estimate of drug-likeness (QED) is 0.733. The second-order valence-corrected chi connectivity index (χ2v) is 5.68. The third kappa shape index (κ3) is 4.46. The molecule has 0 heterocycles. The molecule has 0 saturated heterocycles. The van der Waals surface area contributed by atoms with Crippen LogP contribution in [0.5, 0.6) is 0 Å². The minimum absolute atomic E-state index is 0.193. The summed E-state index contributed by atoms with van der Waals surface area (Å²) in [6.45, 7) is 6.72. The maximum absolute atomic E-state index is 5.46. The summed E-state index contributed by atoms with van der Waals surface area (Å²) in [6.07, 6.45) is 10.0. The Balaban J connectivity index is 2.41. The average molecular weight is 256 g/mol. The first-order valence-electron chi connectivity index (χ1n) is 7.24. The van der Waals surface area contributed by atoms with E-state index in [4.69, 9.17) is 12.2 Å². The van der Waals surface area contributed by atoms with Crippen LogP contribution in [0.1, 0.15) is 72.1 Å². The second kappa shape index (κ2) is 7.20. The fourth-order valence-corrected chi connectivity index (χ4v) is 3.11. The number of thiocarbonyl (C=S) groups is 1. The molecule has 3 heteroatoms. The minimum Gasteiger partial charge on any atom is -0.360 e. The molecule has 0 aromatic rings. The first-order valence-corrected chi connectivity index (χ1v) is 7.65. The Labute approximate surface area is 112 Å². The molecule has 0 amide bonds. The van der Waals surface area contributed by atoms with Crippen LogP contribution in [0, 0.1) is 0 Å². The Hall–Kier alpha value is -0.310. The molecule has 1 rings (SSSR count). The Bertz CT molecular complexity index is 222. The highest BCUT2D eigenvalue weighted by molar-refractivity contribution is 7.80. The number of nitrogens with one attached hydrogen (secondary N) is 2. The van der Waals surface area contributed by atoms with Crippen LogP contribution in [0.15, 0.2) is 0 Å². The van der Waals surface area contributed by atoms with E-state index in [1.54, 1.807) is 0 Å². The fraction of sp³-hybridized carbons (Fsp3) is 0.929. The van der Waals surface area contributed by atoms with E-state index < -0.39 is 0 Å². The Morgan fingerprint density at radius 2 is 1.59 bits per heavy atom. The third-order valence-corrected chi connectivity index (χ3v) is 4.57. The Kier molecular flexibility index (Phi) is 6.24. The predicted molar refractivity (Wildman–Crippen MR) is 79.3 cm³/mol. The highest BCUT2D eigenvalue weighted by Gasteiger charge is 2.25. The van der Waals surface area contributed by atoms with Gasteiger partial charge in [0.25, 0.3) is 0 Å². The fourth-order valence-electron chi connectivity index (χ4n) is 2.72. The second-order valence-electron chi connectivity index (χ2n) is 5.27. The van der Waals surface area contributed by atoms with Gasteiger partial charge in [0.15, 0.2) is 5.11 Å². The topological polar surface area (TPSA) is 24.1 Å². The first-order chi connectivity index (χ1) is 8.15. The zero-order valence-electron chi connectivity index (χ0n) is 11.6. The summed E-state index contributed by atoms with van der Waals surface area (Å²) in [5.41, 5.74) is 0.193. The van der Waals surface area contributed by atoms with Crippen molar-refractivity contribution in [3.63, 3.8) is 0 Å². The molecule has 0 radical (unpaired) electrons. The first kappa shape index (κ1) is 14.7. The summed E-state index contributed by atoms with van der Waals surface area (Å²) < 4.78 is 0. The monoisotopic (exact) mass is 256 g/mol. The molecule has 0 unspecified atom stereocenters. The predicted octanol–water partition coefficient (Wildman–Crippen LogP) is 3.75. The molecule has 0 aromatic heterocycles. The van der Waals surface area contributed by atoms with Crippen LogP contribution < -0.4 is 10.6 Å². The Morgan fingerprint density at radius 1 is 1.06 bits per heavy atom. The zero-order valence-corrected chi connectivity index (χ0v) is 12.5. The van der Waals surface area contributed by atoms with Gasteiger partial charge in [0.05, 0.1) is 0 Å². The van der Waals surface area contributed by atoms with Crippen molar-refractivity contribution in [1.82, 2.24) is 10.6 Å². The molecule has 1 aliphatic carbocycles. The van der Waals surface area contributed by atoms with Crippen LogP contribution in [0.3, 0.4) is 0 Å². The van der Waals surface area contributed by atoms with Crippen molar-refractivity contribution < 1.29 is 0 Å². The van der Waals surface area contributed by atoms with E-state index >= 15 is 0 Å². The van der Waals surface area contributed by atoms with Crippen LogP contribution in [0.2, 0.25) is 0 Å². The molecule has 2 nitrogen and oxygen atoms in total. The van der Waals surface area contributed by atoms with Gasteiger partial charge in [0, 0.05) is 11.6 Å². The van der Waals surface area contributed by atoms with E-state index in [0.29, 0.717) is 6.04 Å². The lowest BCUT2D eigenvalue weighted by Crippen LogP contribution is -2.53. The standard InChI is InChI=1S/C14H28N2S/c1-4-14(5-2,6-3)16-13(17)15-12-10-8-7-9-11-12/h12H,4-11H2,1-3H3,(H2,15,16,17). The van der Waals surface area contributed by atoms with Gasteiger partial charge >= 0.3 is 0 Å². The van der Waals surface area contributed by atoms with Crippen molar-refractivity contribution in [3.8, 4) is 0 Å². The van der Waals surface area contributed by atoms with E-state index in [0.717, 1.165) is 24.4 Å². The van der Waals surface area contributed by atoms with Gasteiger partial charge in [-0.1, -0.05) is 40.0 Å². The van der Waals surface area contributed by atoms with Gasteiger partial charge in [0.1, 0.15) is 0 Å². The van der Waals surface area contributed by atoms with E-state index in [1.165, 1.54) is 32.1 Å². The van der Waals surface area contributed by atoms with E-state index in [9.17, 15) is 0 Å². The molecule has 100 valence electrons. The van der Waals surface area contributed by atoms with Crippen LogP contribution in [-0.4, -0.2) is 16.7 Å². The molecular weight excluding hydrogens is 228 g/mol. The molecule has 0 aliphatic heterocycles. The smallest absolute Gasteiger partial charge is 0.166 e. The molecule has 1 aliphatic rings. The van der Waals surface area contributed by atoms with Crippen molar-refractivity contribution in [2.24, 2.45) is 0 Å². The molecule has 2 N–H and O–H groups in total. The van der Waals surface area contributed by atoms with Gasteiger partial charge in [-0.2, -0.15) is 0 Å². The molecule has 0 atom stereocenters. The van der Waals surface area contributed by atoms with Crippen LogP contribution in [0.25, 0.3) is 0 Å². The normalized spacial score (nSPS) is 17.8. The van der Waals surface area contributed by atoms with Crippen molar-refractivity contribution in [1.29, 1.82) is 0 Å².